The summed E-state index contributed by atoms with van der Waals surface area (Å²) in [5, 5.41) is 3.03. The van der Waals surface area contributed by atoms with Crippen molar-refractivity contribution in [2.24, 2.45) is 34.8 Å². The highest BCUT2D eigenvalue weighted by Gasteiger charge is 2.68. The Morgan fingerprint density at radius 2 is 1.51 bits per heavy atom. The third-order valence-corrected chi connectivity index (χ3v) is 8.56. The molecular weight excluding hydrogens is 499 g/mol. The van der Waals surface area contributed by atoms with Crippen LogP contribution in [0, 0.1) is 29.1 Å². The van der Waals surface area contributed by atoms with Gasteiger partial charge in [-0.15, -0.1) is 0 Å². The molecule has 1 amide bonds. The van der Waals surface area contributed by atoms with E-state index in [1.54, 1.807) is 41.5 Å². The molecule has 0 unspecified atom stereocenters. The first-order valence-electron chi connectivity index (χ1n) is 14.5. The first-order chi connectivity index (χ1) is 17.6. The van der Waals surface area contributed by atoms with E-state index in [4.69, 9.17) is 24.5 Å². The van der Waals surface area contributed by atoms with Gasteiger partial charge in [0.1, 0.15) is 11.2 Å². The number of nitrogens with two attached hydrogens (primary N) is 1. The van der Waals surface area contributed by atoms with Crippen LogP contribution in [0.4, 0.5) is 0 Å². The van der Waals surface area contributed by atoms with Crippen molar-refractivity contribution in [3.63, 3.8) is 0 Å². The number of carbonyl (C=O) groups excluding carboxylic acids is 3. The topological polar surface area (TPSA) is 126 Å². The van der Waals surface area contributed by atoms with E-state index in [0.29, 0.717) is 18.3 Å². The van der Waals surface area contributed by atoms with E-state index >= 15 is 0 Å². The number of hydrogen-bond acceptors (Lipinski definition) is 8. The molecule has 3 saturated carbocycles. The lowest BCUT2D eigenvalue weighted by Gasteiger charge is -2.64. The molecule has 4 fully saturated rings. The van der Waals surface area contributed by atoms with Crippen molar-refractivity contribution in [2.75, 3.05) is 0 Å². The maximum Gasteiger partial charge on any atom is 0.481 e. The van der Waals surface area contributed by atoms with Gasteiger partial charge >= 0.3 is 19.1 Å². The lowest BCUT2D eigenvalue weighted by Crippen LogP contribution is -2.65. The Morgan fingerprint density at radius 1 is 0.974 bits per heavy atom. The summed E-state index contributed by atoms with van der Waals surface area (Å²) >= 11 is 0. The van der Waals surface area contributed by atoms with Crippen molar-refractivity contribution in [1.29, 1.82) is 0 Å². The molecule has 4 rings (SSSR count). The van der Waals surface area contributed by atoms with Crippen LogP contribution in [0.15, 0.2) is 0 Å². The fourth-order valence-electron chi connectivity index (χ4n) is 6.50. The van der Waals surface area contributed by atoms with Crippen LogP contribution in [-0.4, -0.2) is 59.9 Å². The van der Waals surface area contributed by atoms with Gasteiger partial charge < -0.3 is 29.8 Å². The van der Waals surface area contributed by atoms with Gasteiger partial charge in [0.05, 0.1) is 23.7 Å². The third-order valence-electron chi connectivity index (χ3n) is 8.56. The standard InChI is InChI=1S/C29H51BN2O7/c1-16(2)12-22(30-38-21-14-17-13-20(28(17,9)10)29(21,11)39-30)32-23(33)19(31)15-18(24(34)36-26(3,4)5)25(35)37-27(6,7)8/h16-22H,12-15,31H2,1-11H3,(H,32,33)/t17-,19-,20-,21+,22-,29-/m0/s1. The number of esters is 2. The van der Waals surface area contributed by atoms with Crippen LogP contribution in [0.25, 0.3) is 0 Å². The van der Waals surface area contributed by atoms with E-state index < -0.39 is 59.7 Å². The Bertz CT molecular complexity index is 913. The average molecular weight is 551 g/mol. The highest BCUT2D eigenvalue weighted by atomic mass is 16.7. The molecule has 6 atom stereocenters. The summed E-state index contributed by atoms with van der Waals surface area (Å²) in [6, 6.07) is -1.14. The number of ether oxygens (including phenoxy) is 2. The molecule has 0 spiro atoms. The molecule has 3 aliphatic carbocycles. The van der Waals surface area contributed by atoms with E-state index in [2.05, 4.69) is 39.9 Å². The van der Waals surface area contributed by atoms with Gasteiger partial charge in [-0.1, -0.05) is 27.7 Å². The van der Waals surface area contributed by atoms with Crippen molar-refractivity contribution >= 4 is 25.0 Å². The predicted molar refractivity (Wildman–Crippen MR) is 149 cm³/mol. The number of nitrogens with one attached hydrogen (secondary N) is 1. The van der Waals surface area contributed by atoms with Gasteiger partial charge in [-0.3, -0.25) is 14.4 Å². The molecule has 10 heteroatoms. The van der Waals surface area contributed by atoms with E-state index in [9.17, 15) is 14.4 Å². The molecular formula is C29H51BN2O7. The number of carbonyl (C=O) groups is 3. The average Bonchev–Trinajstić information content (AvgIpc) is 3.10. The number of hydrogen-bond donors (Lipinski definition) is 2. The van der Waals surface area contributed by atoms with Crippen LogP contribution in [0.3, 0.4) is 0 Å². The van der Waals surface area contributed by atoms with Crippen molar-refractivity contribution in [3.8, 4) is 0 Å². The zero-order valence-electron chi connectivity index (χ0n) is 25.9. The van der Waals surface area contributed by atoms with Gasteiger partial charge in [-0.25, -0.2) is 0 Å². The molecule has 0 radical (unpaired) electrons. The largest absolute Gasteiger partial charge is 0.481 e. The van der Waals surface area contributed by atoms with Crippen LogP contribution >= 0.6 is 0 Å². The Balaban J connectivity index is 1.72. The Hall–Kier alpha value is -1.65. The summed E-state index contributed by atoms with van der Waals surface area (Å²) in [5.41, 5.74) is 4.48. The third kappa shape index (κ3) is 7.17. The first-order valence-corrected chi connectivity index (χ1v) is 14.5. The lowest BCUT2D eigenvalue weighted by molar-refractivity contribution is -0.199. The zero-order valence-corrected chi connectivity index (χ0v) is 25.9. The lowest BCUT2D eigenvalue weighted by atomic mass is 9.43. The van der Waals surface area contributed by atoms with Crippen LogP contribution in [-0.2, 0) is 33.2 Å². The van der Waals surface area contributed by atoms with Gasteiger partial charge in [-0.2, -0.15) is 0 Å². The predicted octanol–water partition coefficient (Wildman–Crippen LogP) is 3.80. The zero-order chi connectivity index (χ0) is 29.7. The Labute approximate surface area is 235 Å². The Kier molecular flexibility index (Phi) is 8.97. The van der Waals surface area contributed by atoms with E-state index in [0.717, 1.165) is 12.8 Å². The molecule has 1 aliphatic heterocycles. The van der Waals surface area contributed by atoms with Gasteiger partial charge in [0.2, 0.25) is 5.91 Å². The molecule has 222 valence electrons. The minimum atomic E-state index is -1.33. The maximum atomic E-state index is 13.4. The van der Waals surface area contributed by atoms with Crippen molar-refractivity contribution < 1.29 is 33.2 Å². The summed E-state index contributed by atoms with van der Waals surface area (Å²) in [6.07, 6.45) is 2.47. The highest BCUT2D eigenvalue weighted by Crippen LogP contribution is 2.65. The summed E-state index contributed by atoms with van der Waals surface area (Å²) in [4.78, 5) is 39.2. The summed E-state index contributed by atoms with van der Waals surface area (Å²) < 4.78 is 24.0. The molecule has 1 saturated heterocycles. The fourth-order valence-corrected chi connectivity index (χ4v) is 6.50. The monoisotopic (exact) mass is 550 g/mol. The van der Waals surface area contributed by atoms with Crippen LogP contribution in [0.5, 0.6) is 0 Å². The minimum Gasteiger partial charge on any atom is -0.459 e. The molecule has 39 heavy (non-hydrogen) atoms. The van der Waals surface area contributed by atoms with Crippen molar-refractivity contribution in [1.82, 2.24) is 5.32 Å². The molecule has 4 aliphatic rings. The second-order valence-electron chi connectivity index (χ2n) is 15.0. The molecule has 0 aromatic carbocycles. The maximum absolute atomic E-state index is 13.4. The molecule has 0 aromatic rings. The molecule has 0 aromatic heterocycles. The van der Waals surface area contributed by atoms with Crippen molar-refractivity contribution in [3.05, 3.63) is 0 Å². The Morgan fingerprint density at radius 3 is 1.97 bits per heavy atom. The minimum absolute atomic E-state index is 0.0109. The summed E-state index contributed by atoms with van der Waals surface area (Å²) in [6.45, 7) is 21.2. The smallest absolute Gasteiger partial charge is 0.459 e. The van der Waals surface area contributed by atoms with Gasteiger partial charge in [0.25, 0.3) is 0 Å². The fraction of sp³-hybridized carbons (Fsp3) is 0.897. The molecule has 3 N–H and O–H groups in total. The number of rotatable bonds is 9. The van der Waals surface area contributed by atoms with Crippen molar-refractivity contribution in [2.45, 2.75) is 137 Å². The van der Waals surface area contributed by atoms with Crippen LogP contribution in [0.2, 0.25) is 0 Å². The second kappa shape index (κ2) is 11.0. The normalized spacial score (nSPS) is 29.4. The quantitative estimate of drug-likeness (QED) is 0.252. The SMILES string of the molecule is CC(C)C[C@H](NC(=O)[C@@H](N)CC(C(=O)OC(C)(C)C)C(=O)OC(C)(C)C)B1O[C@@H]2C[C@@H]3C[C@@H](C3(C)C)[C@]2(C)O1. The molecule has 1 heterocycles. The molecule has 2 bridgehead atoms. The number of amides is 1. The van der Waals surface area contributed by atoms with Gasteiger partial charge in [0, 0.05) is 0 Å². The van der Waals surface area contributed by atoms with Gasteiger partial charge in [0.15, 0.2) is 5.92 Å². The van der Waals surface area contributed by atoms with E-state index in [-0.39, 0.29) is 23.9 Å². The van der Waals surface area contributed by atoms with E-state index in [1.165, 1.54) is 0 Å². The summed E-state index contributed by atoms with van der Waals surface area (Å²) in [7, 11) is -0.596. The highest BCUT2D eigenvalue weighted by molar-refractivity contribution is 6.47. The summed E-state index contributed by atoms with van der Waals surface area (Å²) in [5.74, 6) is -2.48. The second-order valence-corrected chi connectivity index (χ2v) is 15.0. The van der Waals surface area contributed by atoms with Crippen LogP contribution in [0.1, 0.15) is 102 Å². The molecule has 9 nitrogen and oxygen atoms in total. The van der Waals surface area contributed by atoms with E-state index in [1.807, 2.05) is 0 Å². The van der Waals surface area contributed by atoms with Gasteiger partial charge in [-0.05, 0) is 97.3 Å². The first kappa shape index (κ1) is 31.9. The van der Waals surface area contributed by atoms with Crippen LogP contribution < -0.4 is 11.1 Å².